The maximum Gasteiger partial charge on any atom is 0.416 e. The fourth-order valence-corrected chi connectivity index (χ4v) is 2.31. The van der Waals surface area contributed by atoms with E-state index in [9.17, 15) is 18.0 Å². The van der Waals surface area contributed by atoms with Gasteiger partial charge < -0.3 is 11.1 Å². The van der Waals surface area contributed by atoms with Crippen molar-refractivity contribution in [1.82, 2.24) is 4.98 Å². The van der Waals surface area contributed by atoms with E-state index in [0.717, 1.165) is 17.1 Å². The van der Waals surface area contributed by atoms with Crippen LogP contribution in [0.25, 0.3) is 0 Å². The third kappa shape index (κ3) is 4.27. The van der Waals surface area contributed by atoms with Gasteiger partial charge in [0.25, 0.3) is 0 Å². The molecule has 1 aromatic carbocycles. The van der Waals surface area contributed by atoms with Crippen LogP contribution in [-0.2, 0) is 23.9 Å². The molecule has 1 aromatic heterocycles. The molecule has 0 atom stereocenters. The Morgan fingerprint density at radius 2 is 1.95 bits per heavy atom. The highest BCUT2D eigenvalue weighted by molar-refractivity contribution is 7.09. The zero-order chi connectivity index (χ0) is 15.5. The zero-order valence-electron chi connectivity index (χ0n) is 10.8. The lowest BCUT2D eigenvalue weighted by Gasteiger charge is -2.08. The predicted molar refractivity (Wildman–Crippen MR) is 73.8 cm³/mol. The molecular weight excluding hydrogens is 303 g/mol. The minimum Gasteiger partial charge on any atom is -0.326 e. The normalized spacial score (nSPS) is 11.4. The lowest BCUT2D eigenvalue weighted by molar-refractivity contribution is -0.137. The van der Waals surface area contributed by atoms with Crippen molar-refractivity contribution in [3.05, 3.63) is 45.9 Å². The highest BCUT2D eigenvalue weighted by Crippen LogP contribution is 2.29. The predicted octanol–water partition coefficient (Wildman–Crippen LogP) is 2.80. The van der Waals surface area contributed by atoms with E-state index in [1.54, 1.807) is 5.38 Å². The number of halogens is 3. The number of amides is 1. The summed E-state index contributed by atoms with van der Waals surface area (Å²) in [6, 6.07) is 4.27. The molecule has 2 aromatic rings. The second-order valence-electron chi connectivity index (χ2n) is 4.24. The number of rotatable bonds is 4. The summed E-state index contributed by atoms with van der Waals surface area (Å²) in [5.41, 5.74) is 5.56. The van der Waals surface area contributed by atoms with Crippen LogP contribution >= 0.6 is 11.3 Å². The number of alkyl halides is 3. The molecule has 8 heteroatoms. The average Bonchev–Trinajstić information content (AvgIpc) is 2.85. The van der Waals surface area contributed by atoms with E-state index < -0.39 is 11.7 Å². The minimum absolute atomic E-state index is 0.0531. The van der Waals surface area contributed by atoms with E-state index in [1.165, 1.54) is 23.5 Å². The van der Waals surface area contributed by atoms with Crippen LogP contribution in [0.4, 0.5) is 18.9 Å². The standard InChI is InChI=1S/C13H12F3N3OS/c14-13(15,16)8-1-3-9(4-2-8)18-11(20)5-10-7-21-12(6-17)19-10/h1-4,7H,5-6,17H2,(H,18,20). The van der Waals surface area contributed by atoms with Gasteiger partial charge in [-0.25, -0.2) is 4.98 Å². The molecule has 112 valence electrons. The molecule has 0 unspecified atom stereocenters. The quantitative estimate of drug-likeness (QED) is 0.911. The molecule has 2 rings (SSSR count). The summed E-state index contributed by atoms with van der Waals surface area (Å²) in [5.74, 6) is -0.344. The Hall–Kier alpha value is -1.93. The van der Waals surface area contributed by atoms with Crippen LogP contribution in [0.2, 0.25) is 0 Å². The van der Waals surface area contributed by atoms with Crippen LogP contribution in [0.1, 0.15) is 16.3 Å². The molecule has 0 radical (unpaired) electrons. The van der Waals surface area contributed by atoms with Gasteiger partial charge >= 0.3 is 6.18 Å². The Morgan fingerprint density at radius 1 is 1.29 bits per heavy atom. The van der Waals surface area contributed by atoms with Crippen molar-refractivity contribution in [3.8, 4) is 0 Å². The lowest BCUT2D eigenvalue weighted by atomic mass is 10.2. The number of nitrogens with one attached hydrogen (secondary N) is 1. The summed E-state index contributed by atoms with van der Waals surface area (Å²) < 4.78 is 37.2. The van der Waals surface area contributed by atoms with Gasteiger partial charge in [0.15, 0.2) is 0 Å². The fraction of sp³-hybridized carbons (Fsp3) is 0.231. The molecule has 0 aliphatic heterocycles. The van der Waals surface area contributed by atoms with Gasteiger partial charge in [0.2, 0.25) is 5.91 Å². The first-order valence-electron chi connectivity index (χ1n) is 5.99. The number of hydrogen-bond donors (Lipinski definition) is 2. The second-order valence-corrected chi connectivity index (χ2v) is 5.18. The number of anilines is 1. The number of nitrogens with zero attached hydrogens (tertiary/aromatic N) is 1. The van der Waals surface area contributed by atoms with Crippen molar-refractivity contribution in [2.75, 3.05) is 5.32 Å². The van der Waals surface area contributed by atoms with Crippen molar-refractivity contribution in [2.45, 2.75) is 19.1 Å². The van der Waals surface area contributed by atoms with Gasteiger partial charge in [0, 0.05) is 17.6 Å². The number of benzene rings is 1. The maximum atomic E-state index is 12.4. The van der Waals surface area contributed by atoms with E-state index in [0.29, 0.717) is 17.9 Å². The summed E-state index contributed by atoms with van der Waals surface area (Å²) in [5, 5.41) is 4.98. The van der Waals surface area contributed by atoms with E-state index >= 15 is 0 Å². The lowest BCUT2D eigenvalue weighted by Crippen LogP contribution is -2.15. The highest BCUT2D eigenvalue weighted by atomic mass is 32.1. The summed E-state index contributed by atoms with van der Waals surface area (Å²) in [6.07, 6.45) is -4.33. The van der Waals surface area contributed by atoms with E-state index in [2.05, 4.69) is 10.3 Å². The smallest absolute Gasteiger partial charge is 0.326 e. The van der Waals surface area contributed by atoms with Crippen molar-refractivity contribution in [1.29, 1.82) is 0 Å². The second kappa shape index (κ2) is 6.23. The number of nitrogens with two attached hydrogens (primary N) is 1. The Bertz CT molecular complexity index is 622. The summed E-state index contributed by atoms with van der Waals surface area (Å²) in [6.45, 7) is 0.311. The minimum atomic E-state index is -4.39. The molecule has 0 saturated carbocycles. The van der Waals surface area contributed by atoms with E-state index in [4.69, 9.17) is 5.73 Å². The first-order valence-corrected chi connectivity index (χ1v) is 6.87. The van der Waals surface area contributed by atoms with Crippen LogP contribution in [0.15, 0.2) is 29.6 Å². The van der Waals surface area contributed by atoms with Crippen LogP contribution in [-0.4, -0.2) is 10.9 Å². The summed E-state index contributed by atoms with van der Waals surface area (Å²) in [7, 11) is 0. The van der Waals surface area contributed by atoms with E-state index in [1.807, 2.05) is 0 Å². The van der Waals surface area contributed by atoms with Crippen molar-refractivity contribution in [2.24, 2.45) is 5.73 Å². The third-order valence-corrected chi connectivity index (χ3v) is 3.53. The molecule has 1 amide bonds. The Morgan fingerprint density at radius 3 is 2.48 bits per heavy atom. The Labute approximate surface area is 122 Å². The highest BCUT2D eigenvalue weighted by Gasteiger charge is 2.29. The number of carbonyl (C=O) groups excluding carboxylic acids is 1. The van der Waals surface area contributed by atoms with Crippen LogP contribution in [0.5, 0.6) is 0 Å². The maximum absolute atomic E-state index is 12.4. The SMILES string of the molecule is NCc1nc(CC(=O)Nc2ccc(C(F)(F)F)cc2)cs1. The number of hydrogen-bond acceptors (Lipinski definition) is 4. The molecule has 3 N–H and O–H groups in total. The average molecular weight is 315 g/mol. The van der Waals surface area contributed by atoms with Gasteiger partial charge in [-0.05, 0) is 24.3 Å². The number of thiazole rings is 1. The number of aromatic nitrogens is 1. The van der Waals surface area contributed by atoms with Crippen LogP contribution < -0.4 is 11.1 Å². The first kappa shape index (κ1) is 15.5. The summed E-state index contributed by atoms with van der Waals surface area (Å²) >= 11 is 1.36. The van der Waals surface area contributed by atoms with Gasteiger partial charge in [-0.1, -0.05) is 0 Å². The largest absolute Gasteiger partial charge is 0.416 e. The van der Waals surface area contributed by atoms with Gasteiger partial charge in [-0.3, -0.25) is 4.79 Å². The first-order chi connectivity index (χ1) is 9.88. The molecule has 0 saturated heterocycles. The van der Waals surface area contributed by atoms with Crippen molar-refractivity contribution in [3.63, 3.8) is 0 Å². The molecule has 21 heavy (non-hydrogen) atoms. The number of carbonyl (C=O) groups is 1. The van der Waals surface area contributed by atoms with Gasteiger partial charge in [-0.15, -0.1) is 11.3 Å². The van der Waals surface area contributed by atoms with Crippen molar-refractivity contribution < 1.29 is 18.0 Å². The molecule has 0 aliphatic carbocycles. The molecule has 0 fully saturated rings. The van der Waals surface area contributed by atoms with Gasteiger partial charge in [-0.2, -0.15) is 13.2 Å². The van der Waals surface area contributed by atoms with Gasteiger partial charge in [0.1, 0.15) is 5.01 Å². The van der Waals surface area contributed by atoms with Crippen molar-refractivity contribution >= 4 is 22.9 Å². The summed E-state index contributed by atoms with van der Waals surface area (Å²) in [4.78, 5) is 15.9. The Balaban J connectivity index is 1.96. The molecule has 4 nitrogen and oxygen atoms in total. The fourth-order valence-electron chi connectivity index (χ4n) is 1.64. The van der Waals surface area contributed by atoms with Crippen LogP contribution in [0.3, 0.4) is 0 Å². The molecule has 1 heterocycles. The third-order valence-electron chi connectivity index (χ3n) is 2.61. The molecular formula is C13H12F3N3OS. The van der Waals surface area contributed by atoms with Crippen LogP contribution in [0, 0.1) is 0 Å². The molecule has 0 aliphatic rings. The molecule has 0 bridgehead atoms. The molecule has 0 spiro atoms. The zero-order valence-corrected chi connectivity index (χ0v) is 11.6. The Kier molecular flexibility index (Phi) is 4.59. The van der Waals surface area contributed by atoms with Gasteiger partial charge in [0.05, 0.1) is 17.7 Å². The monoisotopic (exact) mass is 315 g/mol. The van der Waals surface area contributed by atoms with E-state index in [-0.39, 0.29) is 12.3 Å². The topological polar surface area (TPSA) is 68.0 Å².